The molecule has 1 amide bonds. The summed E-state index contributed by atoms with van der Waals surface area (Å²) in [6.07, 6.45) is 1.94. The molecule has 2 heterocycles. The highest BCUT2D eigenvalue weighted by Crippen LogP contribution is 2.20. The maximum absolute atomic E-state index is 12.1. The van der Waals surface area contributed by atoms with Gasteiger partial charge in [0.1, 0.15) is 0 Å². The third-order valence-corrected chi connectivity index (χ3v) is 4.49. The van der Waals surface area contributed by atoms with Crippen LogP contribution in [-0.4, -0.2) is 45.1 Å². The van der Waals surface area contributed by atoms with Crippen molar-refractivity contribution in [2.24, 2.45) is 5.92 Å². The number of nitrogens with zero attached hydrogens (tertiary/aromatic N) is 3. The van der Waals surface area contributed by atoms with E-state index in [2.05, 4.69) is 10.1 Å². The Hall–Kier alpha value is -2.41. The minimum Gasteiger partial charge on any atom is -0.481 e. The van der Waals surface area contributed by atoms with Gasteiger partial charge in [-0.2, -0.15) is 4.98 Å². The second-order valence-electron chi connectivity index (χ2n) is 6.04. The van der Waals surface area contributed by atoms with Gasteiger partial charge in [-0.25, -0.2) is 0 Å². The Balaban J connectivity index is 1.47. The Kier molecular flexibility index (Phi) is 5.33. The standard InChI is InChI=1S/C17H18ClN3O4/c18-13-6-4-11(5-7-13)16-19-14(25-20-16)2-1-3-15(22)21-9-8-12(10-21)17(23)24/h4-7,12H,1-3,8-10H2,(H,23,24)/t12-/m1/s1. The van der Waals surface area contributed by atoms with E-state index >= 15 is 0 Å². The van der Waals surface area contributed by atoms with Gasteiger partial charge in [-0.05, 0) is 37.1 Å². The molecule has 25 heavy (non-hydrogen) atoms. The van der Waals surface area contributed by atoms with E-state index in [1.807, 2.05) is 12.1 Å². The zero-order chi connectivity index (χ0) is 17.8. The molecular weight excluding hydrogens is 346 g/mol. The van der Waals surface area contributed by atoms with Crippen molar-refractivity contribution in [3.05, 3.63) is 35.2 Å². The molecule has 1 fully saturated rings. The van der Waals surface area contributed by atoms with Gasteiger partial charge in [0.2, 0.25) is 17.6 Å². The summed E-state index contributed by atoms with van der Waals surface area (Å²) in [6.45, 7) is 0.812. The number of benzene rings is 1. The fraction of sp³-hybridized carbons (Fsp3) is 0.412. The molecule has 0 bridgehead atoms. The molecule has 1 aromatic carbocycles. The molecule has 0 saturated carbocycles. The zero-order valence-corrected chi connectivity index (χ0v) is 14.3. The number of aliphatic carboxylic acids is 1. The van der Waals surface area contributed by atoms with E-state index in [9.17, 15) is 9.59 Å². The van der Waals surface area contributed by atoms with Crippen LogP contribution in [0.3, 0.4) is 0 Å². The number of aryl methyl sites for hydroxylation is 1. The second-order valence-corrected chi connectivity index (χ2v) is 6.47. The number of likely N-dealkylation sites (tertiary alicyclic amines) is 1. The molecule has 1 saturated heterocycles. The fourth-order valence-electron chi connectivity index (χ4n) is 2.81. The normalized spacial score (nSPS) is 17.0. The van der Waals surface area contributed by atoms with E-state index in [1.165, 1.54) is 0 Å². The number of hydrogen-bond donors (Lipinski definition) is 1. The van der Waals surface area contributed by atoms with E-state index in [4.69, 9.17) is 21.2 Å². The lowest BCUT2D eigenvalue weighted by Gasteiger charge is -2.15. The minimum atomic E-state index is -0.837. The molecule has 2 aromatic rings. The van der Waals surface area contributed by atoms with Gasteiger partial charge in [-0.1, -0.05) is 16.8 Å². The average Bonchev–Trinajstić information content (AvgIpc) is 3.25. The summed E-state index contributed by atoms with van der Waals surface area (Å²) < 4.78 is 5.21. The number of carboxylic acid groups (broad SMARTS) is 1. The van der Waals surface area contributed by atoms with E-state index in [1.54, 1.807) is 17.0 Å². The van der Waals surface area contributed by atoms with Crippen LogP contribution in [0.5, 0.6) is 0 Å². The van der Waals surface area contributed by atoms with Crippen molar-refractivity contribution in [2.45, 2.75) is 25.7 Å². The van der Waals surface area contributed by atoms with Crippen molar-refractivity contribution in [1.82, 2.24) is 15.0 Å². The van der Waals surface area contributed by atoms with Crippen LogP contribution in [0.4, 0.5) is 0 Å². The zero-order valence-electron chi connectivity index (χ0n) is 13.5. The molecule has 3 rings (SSSR count). The number of halogens is 1. The number of rotatable bonds is 6. The van der Waals surface area contributed by atoms with Gasteiger partial charge in [-0.3, -0.25) is 9.59 Å². The minimum absolute atomic E-state index is 0.0267. The molecule has 1 aliphatic rings. The fourth-order valence-corrected chi connectivity index (χ4v) is 2.94. The van der Waals surface area contributed by atoms with Crippen LogP contribution in [-0.2, 0) is 16.0 Å². The van der Waals surface area contributed by atoms with E-state index in [0.29, 0.717) is 55.5 Å². The smallest absolute Gasteiger partial charge is 0.308 e. The van der Waals surface area contributed by atoms with Crippen LogP contribution in [0, 0.1) is 5.92 Å². The summed E-state index contributed by atoms with van der Waals surface area (Å²) >= 11 is 5.85. The highest BCUT2D eigenvalue weighted by Gasteiger charge is 2.30. The van der Waals surface area contributed by atoms with Crippen molar-refractivity contribution in [3.63, 3.8) is 0 Å². The number of carbonyl (C=O) groups excluding carboxylic acids is 1. The molecule has 0 unspecified atom stereocenters. The van der Waals surface area contributed by atoms with Gasteiger partial charge in [-0.15, -0.1) is 0 Å². The first-order chi connectivity index (χ1) is 12.0. The first kappa shape index (κ1) is 17.4. The van der Waals surface area contributed by atoms with Crippen LogP contribution in [0.15, 0.2) is 28.8 Å². The molecule has 0 aliphatic carbocycles. The van der Waals surface area contributed by atoms with Crippen LogP contribution in [0.2, 0.25) is 5.02 Å². The predicted molar refractivity (Wildman–Crippen MR) is 90.0 cm³/mol. The highest BCUT2D eigenvalue weighted by molar-refractivity contribution is 6.30. The summed E-state index contributed by atoms with van der Waals surface area (Å²) in [5.74, 6) is -0.344. The van der Waals surface area contributed by atoms with Crippen molar-refractivity contribution in [2.75, 3.05) is 13.1 Å². The van der Waals surface area contributed by atoms with Crippen molar-refractivity contribution in [1.29, 1.82) is 0 Å². The Morgan fingerprint density at radius 3 is 2.76 bits per heavy atom. The largest absolute Gasteiger partial charge is 0.481 e. The number of hydrogen-bond acceptors (Lipinski definition) is 5. The third kappa shape index (κ3) is 4.36. The van der Waals surface area contributed by atoms with E-state index in [-0.39, 0.29) is 5.91 Å². The Morgan fingerprint density at radius 1 is 1.32 bits per heavy atom. The van der Waals surface area contributed by atoms with Gasteiger partial charge < -0.3 is 14.5 Å². The lowest BCUT2D eigenvalue weighted by Crippen LogP contribution is -2.29. The van der Waals surface area contributed by atoms with Crippen molar-refractivity contribution >= 4 is 23.5 Å². The first-order valence-electron chi connectivity index (χ1n) is 8.12. The van der Waals surface area contributed by atoms with E-state index in [0.717, 1.165) is 5.56 Å². The number of amides is 1. The van der Waals surface area contributed by atoms with Gasteiger partial charge >= 0.3 is 5.97 Å². The van der Waals surface area contributed by atoms with Crippen molar-refractivity contribution < 1.29 is 19.2 Å². The maximum Gasteiger partial charge on any atom is 0.308 e. The van der Waals surface area contributed by atoms with Gasteiger partial charge in [0.05, 0.1) is 5.92 Å². The maximum atomic E-state index is 12.1. The molecule has 1 N–H and O–H groups in total. The molecule has 0 radical (unpaired) electrons. The topological polar surface area (TPSA) is 96.5 Å². The Bertz CT molecular complexity index is 760. The summed E-state index contributed by atoms with van der Waals surface area (Å²) in [7, 11) is 0. The first-order valence-corrected chi connectivity index (χ1v) is 8.50. The molecule has 0 spiro atoms. The number of carbonyl (C=O) groups is 2. The van der Waals surface area contributed by atoms with Gasteiger partial charge in [0, 0.05) is 36.5 Å². The summed E-state index contributed by atoms with van der Waals surface area (Å²) in [5.41, 5.74) is 0.812. The molecule has 1 aliphatic heterocycles. The van der Waals surface area contributed by atoms with Crippen LogP contribution >= 0.6 is 11.6 Å². The van der Waals surface area contributed by atoms with Crippen LogP contribution in [0.25, 0.3) is 11.4 Å². The Labute approximate surface area is 149 Å². The second kappa shape index (κ2) is 7.65. The average molecular weight is 364 g/mol. The number of carboxylic acids is 1. The quantitative estimate of drug-likeness (QED) is 0.847. The lowest BCUT2D eigenvalue weighted by molar-refractivity contribution is -0.141. The summed E-state index contributed by atoms with van der Waals surface area (Å²) in [6, 6.07) is 7.14. The molecule has 1 atom stereocenters. The summed E-state index contributed by atoms with van der Waals surface area (Å²) in [4.78, 5) is 29.0. The highest BCUT2D eigenvalue weighted by atomic mass is 35.5. The number of aromatic nitrogens is 2. The molecule has 132 valence electrons. The predicted octanol–water partition coefficient (Wildman–Crippen LogP) is 2.65. The van der Waals surface area contributed by atoms with Gasteiger partial charge in [0.25, 0.3) is 0 Å². The molecule has 1 aromatic heterocycles. The molecule has 8 heteroatoms. The van der Waals surface area contributed by atoms with Crippen molar-refractivity contribution in [3.8, 4) is 11.4 Å². The Morgan fingerprint density at radius 2 is 2.08 bits per heavy atom. The lowest BCUT2D eigenvalue weighted by atomic mass is 10.1. The molecular formula is C17H18ClN3O4. The third-order valence-electron chi connectivity index (χ3n) is 4.24. The van der Waals surface area contributed by atoms with E-state index < -0.39 is 11.9 Å². The molecule has 7 nitrogen and oxygen atoms in total. The van der Waals surface area contributed by atoms with Crippen LogP contribution in [0.1, 0.15) is 25.2 Å². The monoisotopic (exact) mass is 363 g/mol. The van der Waals surface area contributed by atoms with Crippen LogP contribution < -0.4 is 0 Å². The summed E-state index contributed by atoms with van der Waals surface area (Å²) in [5, 5.41) is 13.5. The van der Waals surface area contributed by atoms with Gasteiger partial charge in [0.15, 0.2) is 0 Å². The SMILES string of the molecule is O=C(O)[C@@H]1CCN(C(=O)CCCc2nc(-c3ccc(Cl)cc3)no2)C1.